The van der Waals surface area contributed by atoms with E-state index in [2.05, 4.69) is 31.1 Å². The summed E-state index contributed by atoms with van der Waals surface area (Å²) in [5.74, 6) is 1.05. The number of nitrogens with one attached hydrogen (secondary N) is 1. The van der Waals surface area contributed by atoms with Gasteiger partial charge in [0.15, 0.2) is 5.96 Å². The lowest BCUT2D eigenvalue weighted by molar-refractivity contribution is 0.00719. The Morgan fingerprint density at radius 3 is 2.82 bits per heavy atom. The van der Waals surface area contributed by atoms with Crippen molar-refractivity contribution in [1.82, 2.24) is 5.32 Å². The van der Waals surface area contributed by atoms with Crippen molar-refractivity contribution in [2.24, 2.45) is 22.1 Å². The molecule has 0 aromatic heterocycles. The van der Waals surface area contributed by atoms with Gasteiger partial charge in [0.25, 0.3) is 0 Å². The van der Waals surface area contributed by atoms with Gasteiger partial charge in [0.2, 0.25) is 0 Å². The zero-order chi connectivity index (χ0) is 12.9. The molecule has 4 nitrogen and oxygen atoms in total. The highest BCUT2D eigenvalue weighted by Gasteiger charge is 2.35. The monoisotopic (exact) mass is 241 g/mol. The van der Waals surface area contributed by atoms with Crippen LogP contribution in [0.25, 0.3) is 0 Å². The minimum Gasteiger partial charge on any atom is -0.392 e. The van der Waals surface area contributed by atoms with E-state index in [0.29, 0.717) is 18.4 Å². The normalized spacial score (nSPS) is 30.6. The third kappa shape index (κ3) is 4.54. The second-order valence-electron chi connectivity index (χ2n) is 5.89. The van der Waals surface area contributed by atoms with E-state index in [-0.39, 0.29) is 11.5 Å². The standard InChI is InChI=1S/C13H27N3O/c1-10(2)8-15-12(14)16-9-13(3)7-5-4-6-11(13)17/h10-11,17H,4-9H2,1-3H3,(H3,14,15,16). The van der Waals surface area contributed by atoms with E-state index >= 15 is 0 Å². The molecule has 100 valence electrons. The molecule has 1 aliphatic carbocycles. The SMILES string of the molecule is CC(C)CNC(N)=NCC1(C)CCCCC1O. The Hall–Kier alpha value is -0.770. The fourth-order valence-electron chi connectivity index (χ4n) is 2.20. The molecule has 1 fully saturated rings. The van der Waals surface area contributed by atoms with Gasteiger partial charge in [0, 0.05) is 12.0 Å². The van der Waals surface area contributed by atoms with E-state index in [4.69, 9.17) is 5.73 Å². The molecule has 1 saturated carbocycles. The predicted octanol–water partition coefficient (Wildman–Crippen LogP) is 1.49. The minimum absolute atomic E-state index is 0.0949. The van der Waals surface area contributed by atoms with Crippen LogP contribution in [0.4, 0.5) is 0 Å². The molecule has 0 aromatic rings. The van der Waals surface area contributed by atoms with Gasteiger partial charge in [-0.3, -0.25) is 4.99 Å². The summed E-state index contributed by atoms with van der Waals surface area (Å²) in [5.41, 5.74) is 5.71. The molecule has 17 heavy (non-hydrogen) atoms. The van der Waals surface area contributed by atoms with Gasteiger partial charge in [0.1, 0.15) is 0 Å². The smallest absolute Gasteiger partial charge is 0.188 e. The maximum Gasteiger partial charge on any atom is 0.188 e. The number of hydrogen-bond donors (Lipinski definition) is 3. The van der Waals surface area contributed by atoms with E-state index in [1.165, 1.54) is 6.42 Å². The maximum atomic E-state index is 10.0. The van der Waals surface area contributed by atoms with Gasteiger partial charge in [0.05, 0.1) is 12.6 Å². The molecule has 0 bridgehead atoms. The number of guanidine groups is 1. The van der Waals surface area contributed by atoms with Crippen LogP contribution in [0.1, 0.15) is 46.5 Å². The van der Waals surface area contributed by atoms with Gasteiger partial charge in [-0.2, -0.15) is 0 Å². The summed E-state index contributed by atoms with van der Waals surface area (Å²) in [6.07, 6.45) is 4.00. The Labute approximate surface area is 105 Å². The van der Waals surface area contributed by atoms with E-state index in [9.17, 15) is 5.11 Å². The summed E-state index contributed by atoms with van der Waals surface area (Å²) >= 11 is 0. The first-order chi connectivity index (χ1) is 7.94. The van der Waals surface area contributed by atoms with Crippen molar-refractivity contribution in [3.8, 4) is 0 Å². The van der Waals surface area contributed by atoms with Crippen LogP contribution in [-0.4, -0.2) is 30.3 Å². The Kier molecular flexibility index (Phi) is 5.25. The predicted molar refractivity (Wildman–Crippen MR) is 71.9 cm³/mol. The van der Waals surface area contributed by atoms with Gasteiger partial charge >= 0.3 is 0 Å². The minimum atomic E-state index is -0.238. The molecular formula is C13H27N3O. The number of aliphatic imine (C=N–C) groups is 1. The number of aliphatic hydroxyl groups is 1. The second-order valence-corrected chi connectivity index (χ2v) is 5.89. The molecule has 1 rings (SSSR count). The van der Waals surface area contributed by atoms with E-state index in [0.717, 1.165) is 25.8 Å². The van der Waals surface area contributed by atoms with Crippen LogP contribution >= 0.6 is 0 Å². The number of nitrogens with zero attached hydrogens (tertiary/aromatic N) is 1. The quantitative estimate of drug-likeness (QED) is 0.516. The zero-order valence-corrected chi connectivity index (χ0v) is 11.4. The molecule has 0 radical (unpaired) electrons. The number of hydrogen-bond acceptors (Lipinski definition) is 2. The molecule has 0 amide bonds. The Morgan fingerprint density at radius 1 is 1.53 bits per heavy atom. The van der Waals surface area contributed by atoms with Crippen molar-refractivity contribution in [3.63, 3.8) is 0 Å². The lowest BCUT2D eigenvalue weighted by Crippen LogP contribution is -2.40. The molecule has 2 unspecified atom stereocenters. The van der Waals surface area contributed by atoms with Crippen molar-refractivity contribution in [1.29, 1.82) is 0 Å². The topological polar surface area (TPSA) is 70.6 Å². The molecule has 0 aromatic carbocycles. The van der Waals surface area contributed by atoms with Crippen LogP contribution in [0.15, 0.2) is 4.99 Å². The first-order valence-corrected chi connectivity index (χ1v) is 6.66. The molecule has 1 aliphatic rings. The average Bonchev–Trinajstić information content (AvgIpc) is 2.28. The summed E-state index contributed by atoms with van der Waals surface area (Å²) < 4.78 is 0. The summed E-state index contributed by atoms with van der Waals surface area (Å²) in [5, 5.41) is 13.1. The molecular weight excluding hydrogens is 214 g/mol. The van der Waals surface area contributed by atoms with Gasteiger partial charge in [-0.15, -0.1) is 0 Å². The van der Waals surface area contributed by atoms with Gasteiger partial charge in [-0.05, 0) is 18.8 Å². The van der Waals surface area contributed by atoms with Crippen LogP contribution < -0.4 is 11.1 Å². The van der Waals surface area contributed by atoms with E-state index in [1.807, 2.05) is 0 Å². The Morgan fingerprint density at radius 2 is 2.24 bits per heavy atom. The molecule has 0 heterocycles. The lowest BCUT2D eigenvalue weighted by Gasteiger charge is -2.37. The van der Waals surface area contributed by atoms with Crippen molar-refractivity contribution in [2.75, 3.05) is 13.1 Å². The van der Waals surface area contributed by atoms with Gasteiger partial charge < -0.3 is 16.2 Å². The fraction of sp³-hybridized carbons (Fsp3) is 0.923. The fourth-order valence-corrected chi connectivity index (χ4v) is 2.20. The number of nitrogens with two attached hydrogens (primary N) is 1. The van der Waals surface area contributed by atoms with Crippen molar-refractivity contribution in [3.05, 3.63) is 0 Å². The average molecular weight is 241 g/mol. The van der Waals surface area contributed by atoms with Crippen LogP contribution in [0.5, 0.6) is 0 Å². The summed E-state index contributed by atoms with van der Waals surface area (Å²) in [6, 6.07) is 0. The Balaban J connectivity index is 2.44. The first-order valence-electron chi connectivity index (χ1n) is 6.66. The van der Waals surface area contributed by atoms with Crippen molar-refractivity contribution >= 4 is 5.96 Å². The molecule has 0 spiro atoms. The summed E-state index contributed by atoms with van der Waals surface area (Å²) in [7, 11) is 0. The molecule has 2 atom stereocenters. The van der Waals surface area contributed by atoms with E-state index in [1.54, 1.807) is 0 Å². The molecule has 0 aliphatic heterocycles. The maximum absolute atomic E-state index is 10.0. The lowest BCUT2D eigenvalue weighted by atomic mass is 9.73. The van der Waals surface area contributed by atoms with Gasteiger partial charge in [-0.25, -0.2) is 0 Å². The Bertz CT molecular complexity index is 265. The highest BCUT2D eigenvalue weighted by Crippen LogP contribution is 2.36. The van der Waals surface area contributed by atoms with Crippen molar-refractivity contribution in [2.45, 2.75) is 52.6 Å². The second kappa shape index (κ2) is 6.24. The third-order valence-electron chi connectivity index (χ3n) is 3.58. The highest BCUT2D eigenvalue weighted by atomic mass is 16.3. The van der Waals surface area contributed by atoms with Crippen molar-refractivity contribution < 1.29 is 5.11 Å². The van der Waals surface area contributed by atoms with Crippen LogP contribution in [-0.2, 0) is 0 Å². The molecule has 0 saturated heterocycles. The third-order valence-corrected chi connectivity index (χ3v) is 3.58. The largest absolute Gasteiger partial charge is 0.392 e. The van der Waals surface area contributed by atoms with Crippen LogP contribution in [0, 0.1) is 11.3 Å². The zero-order valence-electron chi connectivity index (χ0n) is 11.4. The number of rotatable bonds is 4. The van der Waals surface area contributed by atoms with Crippen LogP contribution in [0.2, 0.25) is 0 Å². The highest BCUT2D eigenvalue weighted by molar-refractivity contribution is 5.77. The molecule has 4 N–H and O–H groups in total. The van der Waals surface area contributed by atoms with Crippen LogP contribution in [0.3, 0.4) is 0 Å². The first kappa shape index (κ1) is 14.3. The molecule has 4 heteroatoms. The van der Waals surface area contributed by atoms with Gasteiger partial charge in [-0.1, -0.05) is 33.6 Å². The van der Waals surface area contributed by atoms with E-state index < -0.39 is 0 Å². The number of aliphatic hydroxyl groups excluding tert-OH is 1. The summed E-state index contributed by atoms with van der Waals surface area (Å²) in [6.45, 7) is 7.83. The summed E-state index contributed by atoms with van der Waals surface area (Å²) in [4.78, 5) is 4.37.